The first kappa shape index (κ1) is 14.2. The highest BCUT2D eigenvalue weighted by Crippen LogP contribution is 2.27. The molecule has 0 radical (unpaired) electrons. The zero-order chi connectivity index (χ0) is 14.7. The van der Waals surface area contributed by atoms with Crippen LogP contribution in [0.5, 0.6) is 0 Å². The molecule has 1 unspecified atom stereocenters. The van der Waals surface area contributed by atoms with Crippen molar-refractivity contribution in [1.29, 1.82) is 0 Å². The summed E-state index contributed by atoms with van der Waals surface area (Å²) in [5.41, 5.74) is 0.734. The lowest BCUT2D eigenvalue weighted by Gasteiger charge is -2.21. The third kappa shape index (κ3) is 3.28. The Labute approximate surface area is 127 Å². The molecule has 2 N–H and O–H groups in total. The summed E-state index contributed by atoms with van der Waals surface area (Å²) in [4.78, 5) is 12.1. The van der Waals surface area contributed by atoms with E-state index in [1.165, 1.54) is 0 Å². The Morgan fingerprint density at radius 1 is 1.43 bits per heavy atom. The van der Waals surface area contributed by atoms with Crippen molar-refractivity contribution in [2.45, 2.75) is 12.0 Å². The number of carbonyl (C=O) groups is 1. The fraction of sp³-hybridized carbons (Fsp3) is 0.333. The van der Waals surface area contributed by atoms with E-state index in [0.717, 1.165) is 17.9 Å². The quantitative estimate of drug-likeness (QED) is 0.897. The maximum absolute atomic E-state index is 12.1. The van der Waals surface area contributed by atoms with Crippen LogP contribution < -0.4 is 5.32 Å². The summed E-state index contributed by atoms with van der Waals surface area (Å²) in [6, 6.07) is 9.07. The first-order valence-electron chi connectivity index (χ1n) is 6.85. The van der Waals surface area contributed by atoms with Gasteiger partial charge in [0, 0.05) is 30.3 Å². The normalized spacial score (nSPS) is 21.4. The van der Waals surface area contributed by atoms with Gasteiger partial charge in [0.15, 0.2) is 0 Å². The largest absolute Gasteiger partial charge is 0.387 e. The molecule has 1 aromatic carbocycles. The van der Waals surface area contributed by atoms with Gasteiger partial charge in [-0.3, -0.25) is 4.79 Å². The van der Waals surface area contributed by atoms with E-state index in [1.54, 1.807) is 34.8 Å². The second-order valence-corrected chi connectivity index (χ2v) is 6.31. The van der Waals surface area contributed by atoms with Crippen molar-refractivity contribution < 1.29 is 9.90 Å². The summed E-state index contributed by atoms with van der Waals surface area (Å²) in [6.07, 6.45) is 4.29. The van der Waals surface area contributed by atoms with Crippen molar-refractivity contribution >= 4 is 17.7 Å². The minimum Gasteiger partial charge on any atom is -0.387 e. The molecular formula is C15H17N3O2S. The standard InChI is InChI=1S/C15H17N3O2S/c19-14(16-10-15(20)6-9-21-11-15)12-2-4-13(5-3-12)18-8-1-7-17-18/h1-5,7-8,20H,6,9-11H2,(H,16,19). The number of rotatable bonds is 4. The van der Waals surface area contributed by atoms with Gasteiger partial charge in [-0.2, -0.15) is 16.9 Å². The molecule has 1 aromatic heterocycles. The number of amides is 1. The predicted molar refractivity (Wildman–Crippen MR) is 82.8 cm³/mol. The highest BCUT2D eigenvalue weighted by molar-refractivity contribution is 7.99. The van der Waals surface area contributed by atoms with Gasteiger partial charge < -0.3 is 10.4 Å². The molecule has 1 aliphatic rings. The Hall–Kier alpha value is -1.79. The minimum absolute atomic E-state index is 0.160. The Morgan fingerprint density at radius 3 is 2.86 bits per heavy atom. The Kier molecular flexibility index (Phi) is 3.98. The highest BCUT2D eigenvalue weighted by Gasteiger charge is 2.31. The van der Waals surface area contributed by atoms with Crippen LogP contribution in [0.4, 0.5) is 0 Å². The van der Waals surface area contributed by atoms with E-state index in [4.69, 9.17) is 0 Å². The molecule has 0 saturated carbocycles. The van der Waals surface area contributed by atoms with Crippen LogP contribution in [0.1, 0.15) is 16.8 Å². The van der Waals surface area contributed by atoms with Crippen molar-refractivity contribution in [2.24, 2.45) is 0 Å². The van der Waals surface area contributed by atoms with E-state index >= 15 is 0 Å². The molecule has 1 fully saturated rings. The van der Waals surface area contributed by atoms with Crippen LogP contribution in [0.3, 0.4) is 0 Å². The predicted octanol–water partition coefficient (Wildman–Crippen LogP) is 1.47. The van der Waals surface area contributed by atoms with E-state index in [0.29, 0.717) is 17.9 Å². The molecule has 6 heteroatoms. The van der Waals surface area contributed by atoms with E-state index in [-0.39, 0.29) is 5.91 Å². The summed E-state index contributed by atoms with van der Waals surface area (Å²) in [7, 11) is 0. The number of aromatic nitrogens is 2. The first-order chi connectivity index (χ1) is 10.2. The lowest BCUT2D eigenvalue weighted by molar-refractivity contribution is 0.0612. The Balaban J connectivity index is 1.62. The highest BCUT2D eigenvalue weighted by atomic mass is 32.2. The first-order valence-corrected chi connectivity index (χ1v) is 8.00. The monoisotopic (exact) mass is 303 g/mol. The van der Waals surface area contributed by atoms with Crippen molar-refractivity contribution in [2.75, 3.05) is 18.1 Å². The fourth-order valence-electron chi connectivity index (χ4n) is 2.27. The molecule has 5 nitrogen and oxygen atoms in total. The van der Waals surface area contributed by atoms with Crippen LogP contribution in [0.2, 0.25) is 0 Å². The molecule has 1 aliphatic heterocycles. The average molecular weight is 303 g/mol. The van der Waals surface area contributed by atoms with E-state index < -0.39 is 5.60 Å². The number of carbonyl (C=O) groups excluding carboxylic acids is 1. The van der Waals surface area contributed by atoms with Gasteiger partial charge in [-0.15, -0.1) is 0 Å². The van der Waals surface area contributed by atoms with Gasteiger partial charge in [0.05, 0.1) is 11.3 Å². The van der Waals surface area contributed by atoms with Crippen molar-refractivity contribution in [3.8, 4) is 5.69 Å². The average Bonchev–Trinajstić information content (AvgIpc) is 3.17. The van der Waals surface area contributed by atoms with Gasteiger partial charge in [0.1, 0.15) is 0 Å². The van der Waals surface area contributed by atoms with Gasteiger partial charge in [-0.05, 0) is 42.5 Å². The summed E-state index contributed by atoms with van der Waals surface area (Å²) in [5.74, 6) is 1.48. The van der Waals surface area contributed by atoms with Crippen LogP contribution >= 0.6 is 11.8 Å². The van der Waals surface area contributed by atoms with Crippen LogP contribution in [0, 0.1) is 0 Å². The van der Waals surface area contributed by atoms with Crippen LogP contribution in [0.15, 0.2) is 42.7 Å². The molecule has 2 aromatic rings. The zero-order valence-electron chi connectivity index (χ0n) is 11.5. The number of nitrogens with one attached hydrogen (secondary N) is 1. The van der Waals surface area contributed by atoms with E-state index in [1.807, 2.05) is 24.4 Å². The fourth-order valence-corrected chi connectivity index (χ4v) is 3.56. The van der Waals surface area contributed by atoms with Crippen LogP contribution in [-0.4, -0.2) is 44.4 Å². The molecule has 1 saturated heterocycles. The van der Waals surface area contributed by atoms with Gasteiger partial charge >= 0.3 is 0 Å². The van der Waals surface area contributed by atoms with Gasteiger partial charge in [0.2, 0.25) is 0 Å². The maximum atomic E-state index is 12.1. The minimum atomic E-state index is -0.755. The SMILES string of the molecule is O=C(NCC1(O)CCSC1)c1ccc(-n2cccn2)cc1. The molecule has 1 amide bonds. The molecule has 0 spiro atoms. The number of nitrogens with zero attached hydrogens (tertiary/aromatic N) is 2. The van der Waals surface area contributed by atoms with Crippen molar-refractivity contribution in [3.63, 3.8) is 0 Å². The van der Waals surface area contributed by atoms with Crippen molar-refractivity contribution in [1.82, 2.24) is 15.1 Å². The van der Waals surface area contributed by atoms with Gasteiger partial charge in [0.25, 0.3) is 5.91 Å². The van der Waals surface area contributed by atoms with Crippen LogP contribution in [-0.2, 0) is 0 Å². The number of aliphatic hydroxyl groups is 1. The molecule has 0 bridgehead atoms. The summed E-state index contributed by atoms with van der Waals surface area (Å²) >= 11 is 1.72. The number of hydrogen-bond acceptors (Lipinski definition) is 4. The summed E-state index contributed by atoms with van der Waals surface area (Å²) in [5, 5.41) is 17.2. The second-order valence-electron chi connectivity index (χ2n) is 5.21. The molecule has 1 atom stereocenters. The third-order valence-electron chi connectivity index (χ3n) is 3.56. The molecule has 0 aliphatic carbocycles. The topological polar surface area (TPSA) is 67.2 Å². The van der Waals surface area contributed by atoms with E-state index in [2.05, 4.69) is 10.4 Å². The number of hydrogen-bond donors (Lipinski definition) is 2. The second kappa shape index (κ2) is 5.91. The molecular weight excluding hydrogens is 286 g/mol. The molecule has 21 heavy (non-hydrogen) atoms. The lowest BCUT2D eigenvalue weighted by Crippen LogP contribution is -2.42. The smallest absolute Gasteiger partial charge is 0.251 e. The number of thioether (sulfide) groups is 1. The summed E-state index contributed by atoms with van der Waals surface area (Å²) < 4.78 is 1.74. The van der Waals surface area contributed by atoms with Crippen LogP contribution in [0.25, 0.3) is 5.69 Å². The molecule has 3 rings (SSSR count). The Bertz CT molecular complexity index is 604. The van der Waals surface area contributed by atoms with E-state index in [9.17, 15) is 9.90 Å². The molecule has 110 valence electrons. The lowest BCUT2D eigenvalue weighted by atomic mass is 10.0. The third-order valence-corrected chi connectivity index (χ3v) is 4.79. The maximum Gasteiger partial charge on any atom is 0.251 e. The van der Waals surface area contributed by atoms with Gasteiger partial charge in [-0.25, -0.2) is 4.68 Å². The molecule has 2 heterocycles. The zero-order valence-corrected chi connectivity index (χ0v) is 12.3. The van der Waals surface area contributed by atoms with Crippen molar-refractivity contribution in [3.05, 3.63) is 48.3 Å². The number of benzene rings is 1. The van der Waals surface area contributed by atoms with Gasteiger partial charge in [-0.1, -0.05) is 0 Å². The summed E-state index contributed by atoms with van der Waals surface area (Å²) in [6.45, 7) is 0.305. The Morgan fingerprint density at radius 2 is 2.24 bits per heavy atom.